The first kappa shape index (κ1) is 20.6. The van der Waals surface area contributed by atoms with Gasteiger partial charge in [-0.05, 0) is 30.7 Å². The summed E-state index contributed by atoms with van der Waals surface area (Å²) in [6, 6.07) is 0. The summed E-state index contributed by atoms with van der Waals surface area (Å²) in [6.45, 7) is 3.85. The number of thiophene rings is 1. The molecule has 5 nitrogen and oxygen atoms in total. The van der Waals surface area contributed by atoms with Crippen LogP contribution in [0.1, 0.15) is 47.5 Å². The van der Waals surface area contributed by atoms with E-state index in [9.17, 15) is 9.59 Å². The zero-order chi connectivity index (χ0) is 18.8. The molecule has 0 bridgehead atoms. The van der Waals surface area contributed by atoms with Crippen molar-refractivity contribution in [1.29, 1.82) is 0 Å². The van der Waals surface area contributed by atoms with Gasteiger partial charge in [0.05, 0.1) is 12.7 Å². The molecule has 1 aromatic heterocycles. The Morgan fingerprint density at radius 2 is 1.96 bits per heavy atom. The number of rotatable bonds is 6. The Bertz CT molecular complexity index is 656. The van der Waals surface area contributed by atoms with E-state index in [1.807, 2.05) is 13.8 Å². The fourth-order valence-electron chi connectivity index (χ4n) is 2.75. The van der Waals surface area contributed by atoms with Crippen LogP contribution in [0.15, 0.2) is 0 Å². The lowest BCUT2D eigenvalue weighted by atomic mass is 10.1. The van der Waals surface area contributed by atoms with Crippen molar-refractivity contribution >= 4 is 63.0 Å². The van der Waals surface area contributed by atoms with Crippen LogP contribution in [0, 0.1) is 5.92 Å². The van der Waals surface area contributed by atoms with E-state index in [4.69, 9.17) is 39.5 Å². The van der Waals surface area contributed by atoms with E-state index in [2.05, 4.69) is 10.6 Å². The van der Waals surface area contributed by atoms with Crippen molar-refractivity contribution in [1.82, 2.24) is 5.32 Å². The summed E-state index contributed by atoms with van der Waals surface area (Å²) in [7, 11) is 1.34. The van der Waals surface area contributed by atoms with Crippen molar-refractivity contribution < 1.29 is 14.3 Å². The van der Waals surface area contributed by atoms with E-state index in [1.165, 1.54) is 18.4 Å². The highest BCUT2D eigenvalue weighted by atomic mass is 35.6. The lowest BCUT2D eigenvalue weighted by Crippen LogP contribution is -2.49. The SMILES string of the molecule is COC(=O)c1c(N[C@H](NC(=O)CC(C)C)C(Cl)(Cl)Cl)sc2c1CCC2. The lowest BCUT2D eigenvalue weighted by molar-refractivity contribution is -0.122. The molecular weight excluding hydrogens is 407 g/mol. The molecule has 2 N–H and O–H groups in total. The average molecular weight is 428 g/mol. The fourth-order valence-corrected chi connectivity index (χ4v) is 4.38. The summed E-state index contributed by atoms with van der Waals surface area (Å²) in [5, 5.41) is 6.27. The Morgan fingerprint density at radius 1 is 1.28 bits per heavy atom. The molecule has 0 saturated heterocycles. The third-order valence-electron chi connectivity index (χ3n) is 3.81. The van der Waals surface area contributed by atoms with E-state index >= 15 is 0 Å². The lowest BCUT2D eigenvalue weighted by Gasteiger charge is -2.27. The van der Waals surface area contributed by atoms with Gasteiger partial charge in [0.15, 0.2) is 0 Å². The van der Waals surface area contributed by atoms with Gasteiger partial charge in [-0.2, -0.15) is 0 Å². The molecule has 2 rings (SSSR count). The molecule has 0 spiro atoms. The van der Waals surface area contributed by atoms with Crippen LogP contribution in [0.3, 0.4) is 0 Å². The van der Waals surface area contributed by atoms with Crippen LogP contribution in [0.2, 0.25) is 0 Å². The highest BCUT2D eigenvalue weighted by Gasteiger charge is 2.36. The van der Waals surface area contributed by atoms with Crippen molar-refractivity contribution in [2.75, 3.05) is 12.4 Å². The van der Waals surface area contributed by atoms with Crippen LogP contribution in [-0.4, -0.2) is 28.9 Å². The minimum absolute atomic E-state index is 0.173. The molecule has 1 aliphatic rings. The highest BCUT2D eigenvalue weighted by Crippen LogP contribution is 2.41. The molecule has 25 heavy (non-hydrogen) atoms. The van der Waals surface area contributed by atoms with Crippen molar-refractivity contribution in [3.63, 3.8) is 0 Å². The first-order valence-corrected chi connectivity index (χ1v) is 9.94. The quantitative estimate of drug-likeness (QED) is 0.404. The number of ether oxygens (including phenoxy) is 1. The molecule has 1 atom stereocenters. The van der Waals surface area contributed by atoms with E-state index in [0.717, 1.165) is 29.7 Å². The smallest absolute Gasteiger partial charge is 0.341 e. The Balaban J connectivity index is 2.27. The summed E-state index contributed by atoms with van der Waals surface area (Å²) in [5.74, 6) is -0.492. The van der Waals surface area contributed by atoms with Gasteiger partial charge >= 0.3 is 5.97 Å². The summed E-state index contributed by atoms with van der Waals surface area (Å²) < 4.78 is 3.12. The molecule has 9 heteroatoms. The number of methoxy groups -OCH3 is 1. The maximum absolute atomic E-state index is 12.2. The standard InChI is InChI=1S/C16H21Cl3N2O3S/c1-8(2)7-11(22)20-15(16(17,18)19)21-13-12(14(23)24-3)9-5-4-6-10(9)25-13/h8,15,21H,4-7H2,1-3H3,(H,20,22)/t15-/m0/s1. The molecule has 0 fully saturated rings. The van der Waals surface area contributed by atoms with E-state index in [0.29, 0.717) is 17.0 Å². The monoisotopic (exact) mass is 426 g/mol. The number of carbonyl (C=O) groups excluding carboxylic acids is 2. The zero-order valence-electron chi connectivity index (χ0n) is 14.3. The minimum atomic E-state index is -1.78. The second kappa shape index (κ2) is 8.33. The first-order chi connectivity index (χ1) is 11.6. The molecule has 1 heterocycles. The fraction of sp³-hybridized carbons (Fsp3) is 0.625. The van der Waals surface area contributed by atoms with Gasteiger partial charge in [0.1, 0.15) is 11.2 Å². The van der Waals surface area contributed by atoms with Gasteiger partial charge in [-0.15, -0.1) is 11.3 Å². The third kappa shape index (κ3) is 5.16. The molecule has 0 unspecified atom stereocenters. The largest absolute Gasteiger partial charge is 0.465 e. The number of amides is 1. The molecule has 0 aromatic carbocycles. The Kier molecular flexibility index (Phi) is 6.87. The van der Waals surface area contributed by atoms with E-state index in [-0.39, 0.29) is 11.8 Å². The van der Waals surface area contributed by atoms with Crippen LogP contribution in [0.4, 0.5) is 5.00 Å². The Labute approximate surface area is 166 Å². The van der Waals surface area contributed by atoms with Crippen LogP contribution in [-0.2, 0) is 22.4 Å². The highest BCUT2D eigenvalue weighted by molar-refractivity contribution is 7.16. The summed E-state index contributed by atoms with van der Waals surface area (Å²) in [4.78, 5) is 25.4. The third-order valence-corrected chi connectivity index (χ3v) is 5.69. The predicted octanol–water partition coefficient (Wildman–Crippen LogP) is 4.29. The molecule has 140 valence electrons. The van der Waals surface area contributed by atoms with Gasteiger partial charge in [-0.1, -0.05) is 48.7 Å². The average Bonchev–Trinajstić information content (AvgIpc) is 3.04. The maximum atomic E-state index is 12.2. The van der Waals surface area contributed by atoms with Crippen molar-refractivity contribution in [3.05, 3.63) is 16.0 Å². The zero-order valence-corrected chi connectivity index (χ0v) is 17.3. The molecule has 0 radical (unpaired) electrons. The Morgan fingerprint density at radius 3 is 2.52 bits per heavy atom. The number of fused-ring (bicyclic) bond motifs is 1. The van der Waals surface area contributed by atoms with Crippen LogP contribution in [0.5, 0.6) is 0 Å². The molecule has 0 saturated carbocycles. The summed E-state index contributed by atoms with van der Waals surface area (Å²) in [6.07, 6.45) is 2.07. The van der Waals surface area contributed by atoms with E-state index in [1.54, 1.807) is 0 Å². The Hall–Kier alpha value is -0.690. The number of anilines is 1. The molecule has 1 aromatic rings. The number of hydrogen-bond donors (Lipinski definition) is 2. The van der Waals surface area contributed by atoms with Crippen molar-refractivity contribution in [2.24, 2.45) is 5.92 Å². The molecular formula is C16H21Cl3N2O3S. The summed E-state index contributed by atoms with van der Waals surface area (Å²) in [5.41, 5.74) is 1.45. The topological polar surface area (TPSA) is 67.4 Å². The second-order valence-electron chi connectivity index (χ2n) is 6.34. The van der Waals surface area contributed by atoms with Gasteiger partial charge in [-0.25, -0.2) is 4.79 Å². The van der Waals surface area contributed by atoms with Gasteiger partial charge in [0.2, 0.25) is 9.70 Å². The number of esters is 1. The number of aryl methyl sites for hydroxylation is 1. The number of hydrogen-bond acceptors (Lipinski definition) is 5. The molecule has 1 amide bonds. The number of nitrogens with one attached hydrogen (secondary N) is 2. The second-order valence-corrected chi connectivity index (χ2v) is 9.81. The van der Waals surface area contributed by atoms with Crippen molar-refractivity contribution in [2.45, 2.75) is 49.5 Å². The van der Waals surface area contributed by atoms with E-state index < -0.39 is 15.9 Å². The van der Waals surface area contributed by atoms with Gasteiger partial charge in [0, 0.05) is 11.3 Å². The number of alkyl halides is 3. The van der Waals surface area contributed by atoms with Crippen molar-refractivity contribution in [3.8, 4) is 0 Å². The van der Waals surface area contributed by atoms with Gasteiger partial charge in [-0.3, -0.25) is 4.79 Å². The first-order valence-electron chi connectivity index (χ1n) is 7.99. The molecule has 1 aliphatic carbocycles. The maximum Gasteiger partial charge on any atom is 0.341 e. The van der Waals surface area contributed by atoms with Crippen LogP contribution < -0.4 is 10.6 Å². The minimum Gasteiger partial charge on any atom is -0.465 e. The summed E-state index contributed by atoms with van der Waals surface area (Å²) >= 11 is 19.5. The molecule has 0 aliphatic heterocycles. The van der Waals surface area contributed by atoms with Gasteiger partial charge < -0.3 is 15.4 Å². The normalized spacial score (nSPS) is 15.0. The number of carbonyl (C=O) groups is 2. The van der Waals surface area contributed by atoms with Crippen LogP contribution >= 0.6 is 46.1 Å². The number of halogens is 3. The predicted molar refractivity (Wildman–Crippen MR) is 103 cm³/mol. The van der Waals surface area contributed by atoms with Gasteiger partial charge in [0.25, 0.3) is 0 Å². The van der Waals surface area contributed by atoms with Crippen LogP contribution in [0.25, 0.3) is 0 Å².